The van der Waals surface area contributed by atoms with Crippen LogP contribution >= 0.6 is 7.82 Å². The van der Waals surface area contributed by atoms with Crippen molar-refractivity contribution in [3.8, 4) is 0 Å². The molecule has 2 atom stereocenters. The summed E-state index contributed by atoms with van der Waals surface area (Å²) in [5.41, 5.74) is 0. The molecule has 9 nitrogen and oxygen atoms in total. The molecule has 0 rings (SSSR count). The second-order valence-corrected chi connectivity index (χ2v) is 30.9. The smallest absolute Gasteiger partial charge is 0.462 e. The second kappa shape index (κ2) is 82.4. The van der Waals surface area contributed by atoms with E-state index in [0.29, 0.717) is 17.4 Å². The molecule has 0 bridgehead atoms. The predicted molar refractivity (Wildman–Crippen MR) is 454 cm³/mol. The molecule has 104 heavy (non-hydrogen) atoms. The molecule has 0 aromatic heterocycles. The van der Waals surface area contributed by atoms with Gasteiger partial charge in [-0.2, -0.15) is 0 Å². The Morgan fingerprint density at radius 2 is 0.548 bits per heavy atom. The number of rotatable bonds is 78. The molecule has 594 valence electrons. The van der Waals surface area contributed by atoms with E-state index in [1.807, 2.05) is 21.1 Å². The fourth-order valence-electron chi connectivity index (χ4n) is 11.7. The van der Waals surface area contributed by atoms with Crippen LogP contribution in [0.15, 0.2) is 170 Å². The number of hydrogen-bond donors (Lipinski definition) is 1. The van der Waals surface area contributed by atoms with Gasteiger partial charge in [-0.25, -0.2) is 4.57 Å². The van der Waals surface area contributed by atoms with Crippen LogP contribution < -0.4 is 0 Å². The highest BCUT2D eigenvalue weighted by Crippen LogP contribution is 2.43. The van der Waals surface area contributed by atoms with Gasteiger partial charge in [-0.3, -0.25) is 18.6 Å². The number of esters is 2. The first-order chi connectivity index (χ1) is 51.0. The van der Waals surface area contributed by atoms with Gasteiger partial charge in [-0.1, -0.05) is 383 Å². The van der Waals surface area contributed by atoms with E-state index in [4.69, 9.17) is 18.5 Å². The van der Waals surface area contributed by atoms with Crippen molar-refractivity contribution in [3.05, 3.63) is 170 Å². The first-order valence-corrected chi connectivity index (χ1v) is 44.4. The van der Waals surface area contributed by atoms with Gasteiger partial charge < -0.3 is 18.9 Å². The lowest BCUT2D eigenvalue weighted by atomic mass is 10.0. The lowest BCUT2D eigenvalue weighted by Crippen LogP contribution is -2.37. The Balaban J connectivity index is 4.01. The third-order valence-corrected chi connectivity index (χ3v) is 19.2. The molecule has 0 heterocycles. The van der Waals surface area contributed by atoms with Crippen LogP contribution in [-0.4, -0.2) is 74.9 Å². The third-order valence-electron chi connectivity index (χ3n) is 18.2. The van der Waals surface area contributed by atoms with E-state index in [1.54, 1.807) is 0 Å². The molecule has 0 aliphatic heterocycles. The Morgan fingerprint density at radius 3 is 0.817 bits per heavy atom. The van der Waals surface area contributed by atoms with Crippen molar-refractivity contribution < 1.29 is 42.1 Å². The fourth-order valence-corrected chi connectivity index (χ4v) is 12.5. The largest absolute Gasteiger partial charge is 0.472 e. The molecule has 0 radical (unpaired) electrons. The maximum Gasteiger partial charge on any atom is 0.472 e. The number of carbonyl (C=O) groups is 2. The molecule has 0 saturated heterocycles. The van der Waals surface area contributed by atoms with Gasteiger partial charge in [-0.05, 0) is 135 Å². The molecule has 0 fully saturated rings. The number of hydrogen-bond acceptors (Lipinski definition) is 7. The number of phosphoric acid groups is 1. The summed E-state index contributed by atoms with van der Waals surface area (Å²) in [7, 11) is 1.46. The van der Waals surface area contributed by atoms with Crippen molar-refractivity contribution in [3.63, 3.8) is 0 Å². The van der Waals surface area contributed by atoms with Crippen molar-refractivity contribution in [2.24, 2.45) is 0 Å². The van der Waals surface area contributed by atoms with Crippen LogP contribution in [0.1, 0.15) is 361 Å². The van der Waals surface area contributed by atoms with Crippen LogP contribution in [0.3, 0.4) is 0 Å². The first kappa shape index (κ1) is 99.4. The lowest BCUT2D eigenvalue weighted by Gasteiger charge is -2.24. The summed E-state index contributed by atoms with van der Waals surface area (Å²) >= 11 is 0. The highest BCUT2D eigenvalue weighted by atomic mass is 31.2. The van der Waals surface area contributed by atoms with Crippen LogP contribution in [0, 0.1) is 0 Å². The van der Waals surface area contributed by atoms with Gasteiger partial charge in [0.1, 0.15) is 19.8 Å². The highest BCUT2D eigenvalue weighted by Gasteiger charge is 2.27. The van der Waals surface area contributed by atoms with Gasteiger partial charge in [0.2, 0.25) is 0 Å². The van der Waals surface area contributed by atoms with E-state index >= 15 is 0 Å². The number of unbranched alkanes of at least 4 members (excludes halogenated alkanes) is 36. The summed E-state index contributed by atoms with van der Waals surface area (Å²) in [6, 6.07) is 0. The van der Waals surface area contributed by atoms with E-state index in [-0.39, 0.29) is 32.0 Å². The number of allylic oxidation sites excluding steroid dienone is 28. The summed E-state index contributed by atoms with van der Waals surface area (Å²) in [6.45, 7) is 4.30. The van der Waals surface area contributed by atoms with E-state index in [2.05, 4.69) is 184 Å². The molecule has 0 spiro atoms. The molecular formula is C94H161NO8P+. The minimum absolute atomic E-state index is 0.0210. The maximum atomic E-state index is 12.9. The molecule has 1 N–H and O–H groups in total. The van der Waals surface area contributed by atoms with Gasteiger partial charge in [0.25, 0.3) is 0 Å². The standard InChI is InChI=1S/C94H160NO8P/c1-6-8-10-12-14-16-18-20-22-24-26-28-30-32-34-36-38-40-42-44-46-47-49-50-52-54-56-58-60-62-64-66-68-70-72-74-76-78-80-82-84-86-93(96)100-90-92(91-102-104(98,99)101-89-88-95(3,4)5)103-94(97)87-85-83-81-79-77-75-73-71-69-67-65-63-61-59-57-55-53-51-48-45-43-41-39-37-35-33-31-29-27-25-23-21-19-17-15-13-11-9-7-2/h9,11,15,17-18,20-21,23-24,26-27,29-30,32-33,35,39,41,45,48,53,55,59,61,65,67,71,73,92H,6-8,10,12-14,16,19,22,25,28,31,34,36-38,40,42-44,46-47,49-52,54,56-58,60,62-64,66,68-70,72,74-91H2,1-5H3/p+1/b11-9-,17-15-,20-18-,23-21-,26-24-,29-27-,32-30-,35-33-,41-39-,48-45-,55-53-,61-59-,67-65-,73-71-. The topological polar surface area (TPSA) is 108 Å². The van der Waals surface area contributed by atoms with Crippen molar-refractivity contribution in [2.45, 2.75) is 367 Å². The van der Waals surface area contributed by atoms with Crippen molar-refractivity contribution >= 4 is 19.8 Å². The highest BCUT2D eigenvalue weighted by molar-refractivity contribution is 7.47. The van der Waals surface area contributed by atoms with Crippen LogP contribution in [0.5, 0.6) is 0 Å². The predicted octanol–water partition coefficient (Wildman–Crippen LogP) is 29.2. The number of likely N-dealkylation sites (N-methyl/N-ethyl adjacent to an activating group) is 1. The van der Waals surface area contributed by atoms with Gasteiger partial charge in [0.05, 0.1) is 27.7 Å². The zero-order valence-electron chi connectivity index (χ0n) is 68.0. The zero-order chi connectivity index (χ0) is 75.4. The fraction of sp³-hybridized carbons (Fsp3) is 0.681. The summed E-state index contributed by atoms with van der Waals surface area (Å²) < 4.78 is 34.8. The van der Waals surface area contributed by atoms with E-state index < -0.39 is 26.5 Å². The normalized spacial score (nSPS) is 13.9. The quantitative estimate of drug-likeness (QED) is 0.0211. The molecule has 0 amide bonds. The van der Waals surface area contributed by atoms with Crippen LogP contribution in [0.25, 0.3) is 0 Å². The van der Waals surface area contributed by atoms with E-state index in [1.165, 1.54) is 193 Å². The Morgan fingerprint density at radius 1 is 0.308 bits per heavy atom. The van der Waals surface area contributed by atoms with E-state index in [9.17, 15) is 19.0 Å². The Labute approximate surface area is 642 Å². The van der Waals surface area contributed by atoms with Gasteiger partial charge in [-0.15, -0.1) is 0 Å². The molecule has 0 saturated carbocycles. The third kappa shape index (κ3) is 86.3. The average Bonchev–Trinajstić information content (AvgIpc) is 0.915. The minimum Gasteiger partial charge on any atom is -0.462 e. The Bertz CT molecular complexity index is 2370. The van der Waals surface area contributed by atoms with Crippen LogP contribution in [0.2, 0.25) is 0 Å². The number of phosphoric ester groups is 1. The molecular weight excluding hydrogens is 1300 g/mol. The monoisotopic (exact) mass is 1460 g/mol. The molecule has 10 heteroatoms. The summed E-state index contributed by atoms with van der Waals surface area (Å²) in [5, 5.41) is 0. The van der Waals surface area contributed by atoms with Gasteiger partial charge in [0, 0.05) is 12.8 Å². The zero-order valence-corrected chi connectivity index (χ0v) is 68.8. The number of nitrogens with zero attached hydrogens (tertiary/aromatic N) is 1. The Hall–Kier alpha value is -4.63. The number of quaternary nitrogens is 1. The average molecular weight is 1460 g/mol. The van der Waals surface area contributed by atoms with Crippen molar-refractivity contribution in [1.29, 1.82) is 0 Å². The van der Waals surface area contributed by atoms with Crippen molar-refractivity contribution in [2.75, 3.05) is 47.5 Å². The van der Waals surface area contributed by atoms with Crippen LogP contribution in [0.4, 0.5) is 0 Å². The molecule has 0 aliphatic carbocycles. The lowest BCUT2D eigenvalue weighted by molar-refractivity contribution is -0.870. The maximum absolute atomic E-state index is 12.9. The SMILES string of the molecule is CC/C=C\C/C=C\C/C=C\C/C=C\C/C=C\C/C=C\C/C=C\C/C=C\C/C=C\C/C=C\C/C=C\CCCCCCCC(=O)OC(COC(=O)CCCCCCCCCCCCCCCCCCCCCCCCCCCC/C=C\C/C=C\C/C=C\CCCCCCC)COP(=O)(O)OCC[N+](C)(C)C. The molecule has 0 aromatic carbocycles. The van der Waals surface area contributed by atoms with E-state index in [0.717, 1.165) is 135 Å². The summed E-state index contributed by atoms with van der Waals surface area (Å²) in [4.78, 5) is 36.0. The molecule has 0 aromatic rings. The minimum atomic E-state index is -4.41. The summed E-state index contributed by atoms with van der Waals surface area (Å²) in [5.74, 6) is -0.817. The molecule has 0 aliphatic rings. The number of carbonyl (C=O) groups excluding carboxylic acids is 2. The van der Waals surface area contributed by atoms with Gasteiger partial charge >= 0.3 is 19.8 Å². The molecule has 2 unspecified atom stereocenters. The first-order valence-electron chi connectivity index (χ1n) is 42.9. The second-order valence-electron chi connectivity index (χ2n) is 29.5. The van der Waals surface area contributed by atoms with Crippen molar-refractivity contribution in [1.82, 2.24) is 0 Å². The van der Waals surface area contributed by atoms with Crippen LogP contribution in [-0.2, 0) is 32.7 Å². The Kier molecular flexibility index (Phi) is 78.8. The summed E-state index contributed by atoms with van der Waals surface area (Å²) in [6.07, 6.45) is 125. The number of ether oxygens (including phenoxy) is 2. The van der Waals surface area contributed by atoms with Gasteiger partial charge in [0.15, 0.2) is 6.10 Å².